The van der Waals surface area contributed by atoms with Gasteiger partial charge in [0.15, 0.2) is 5.11 Å². The van der Waals surface area contributed by atoms with E-state index in [9.17, 15) is 0 Å². The van der Waals surface area contributed by atoms with Crippen molar-refractivity contribution >= 4 is 34.6 Å². The Bertz CT molecular complexity index is 334. The molecule has 74 valence electrons. The molecule has 0 heterocycles. The Morgan fingerprint density at radius 1 is 1.50 bits per heavy atom. The lowest BCUT2D eigenvalue weighted by Crippen LogP contribution is -2.35. The molecule has 4 heteroatoms. The van der Waals surface area contributed by atoms with Gasteiger partial charge in [0.25, 0.3) is 0 Å². The highest BCUT2D eigenvalue weighted by molar-refractivity contribution is 7.80. The van der Waals surface area contributed by atoms with Gasteiger partial charge in [0.2, 0.25) is 0 Å². The molecule has 2 nitrogen and oxygen atoms in total. The number of thiocarbonyl (C=S) groups is 1. The van der Waals surface area contributed by atoms with Gasteiger partial charge in [0, 0.05) is 17.3 Å². The largest absolute Gasteiger partial charge is 0.376 e. The third-order valence-corrected chi connectivity index (χ3v) is 2.19. The predicted molar refractivity (Wildman–Crippen MR) is 65.8 cm³/mol. The van der Waals surface area contributed by atoms with E-state index in [-0.39, 0.29) is 0 Å². The molecule has 2 N–H and O–H groups in total. The summed E-state index contributed by atoms with van der Waals surface area (Å²) in [4.78, 5) is 1.78. The van der Waals surface area contributed by atoms with Gasteiger partial charge in [-0.05, 0) is 36.5 Å². The van der Waals surface area contributed by atoms with Gasteiger partial charge in [0.05, 0.1) is 0 Å². The van der Waals surface area contributed by atoms with Gasteiger partial charge in [-0.3, -0.25) is 0 Å². The van der Waals surface area contributed by atoms with Gasteiger partial charge in [0.1, 0.15) is 0 Å². The highest BCUT2D eigenvalue weighted by Crippen LogP contribution is 2.17. The molecule has 0 atom stereocenters. The summed E-state index contributed by atoms with van der Waals surface area (Å²) in [5.41, 5.74) is 6.49. The van der Waals surface area contributed by atoms with Crippen LogP contribution in [0.3, 0.4) is 0 Å². The van der Waals surface area contributed by atoms with Crippen molar-refractivity contribution in [2.24, 2.45) is 5.73 Å². The highest BCUT2D eigenvalue weighted by Gasteiger charge is 2.06. The van der Waals surface area contributed by atoms with Crippen molar-refractivity contribution in [3.63, 3.8) is 0 Å². The van der Waals surface area contributed by atoms with Gasteiger partial charge >= 0.3 is 0 Å². The number of anilines is 1. The Morgan fingerprint density at radius 3 is 2.50 bits per heavy atom. The Kier molecular flexibility index (Phi) is 3.92. The molecule has 0 amide bonds. The van der Waals surface area contributed by atoms with E-state index in [0.717, 1.165) is 5.69 Å². The SMILES string of the molecule is C=CCN(C(N)=S)c1ccc(Cl)cc1. The fourth-order valence-electron chi connectivity index (χ4n) is 1.07. The van der Waals surface area contributed by atoms with Crippen LogP contribution in [0.4, 0.5) is 5.69 Å². The standard InChI is InChI=1S/C10H11ClN2S/c1-2-7-13(10(12)14)9-5-3-8(11)4-6-9/h2-6H,1,7H2,(H2,12,14). The Labute approximate surface area is 94.0 Å². The summed E-state index contributed by atoms with van der Waals surface area (Å²) >= 11 is 10.7. The Morgan fingerprint density at radius 2 is 2.07 bits per heavy atom. The molecule has 1 aromatic rings. The van der Waals surface area contributed by atoms with E-state index in [0.29, 0.717) is 16.7 Å². The molecule has 0 aliphatic rings. The predicted octanol–water partition coefficient (Wildman–Crippen LogP) is 2.58. The number of nitrogens with two attached hydrogens (primary N) is 1. The molecule has 1 rings (SSSR count). The van der Waals surface area contributed by atoms with Crippen molar-refractivity contribution < 1.29 is 0 Å². The summed E-state index contributed by atoms with van der Waals surface area (Å²) < 4.78 is 0. The molecular weight excluding hydrogens is 216 g/mol. The molecule has 0 radical (unpaired) electrons. The van der Waals surface area contributed by atoms with E-state index in [2.05, 4.69) is 6.58 Å². The molecule has 0 fully saturated rings. The fraction of sp³-hybridized carbons (Fsp3) is 0.100. The van der Waals surface area contributed by atoms with Crippen LogP contribution in [0.5, 0.6) is 0 Å². The minimum atomic E-state index is 0.326. The van der Waals surface area contributed by atoms with E-state index in [1.165, 1.54) is 0 Å². The number of nitrogens with zero attached hydrogens (tertiary/aromatic N) is 1. The van der Waals surface area contributed by atoms with Crippen LogP contribution in [0.2, 0.25) is 5.02 Å². The van der Waals surface area contributed by atoms with Gasteiger partial charge < -0.3 is 10.6 Å². The quantitative estimate of drug-likeness (QED) is 0.635. The van der Waals surface area contributed by atoms with Crippen molar-refractivity contribution in [3.05, 3.63) is 41.9 Å². The average Bonchev–Trinajstić information content (AvgIpc) is 2.15. The molecule has 14 heavy (non-hydrogen) atoms. The fourth-order valence-corrected chi connectivity index (χ4v) is 1.38. The van der Waals surface area contributed by atoms with Crippen LogP contribution in [-0.2, 0) is 0 Å². The maximum Gasteiger partial charge on any atom is 0.171 e. The lowest BCUT2D eigenvalue weighted by molar-refractivity contribution is 1.14. The van der Waals surface area contributed by atoms with Crippen LogP contribution in [0, 0.1) is 0 Å². The van der Waals surface area contributed by atoms with E-state index < -0.39 is 0 Å². The molecule has 0 saturated carbocycles. The van der Waals surface area contributed by atoms with Crippen molar-refractivity contribution in [2.45, 2.75) is 0 Å². The first-order chi connectivity index (χ1) is 6.65. The molecule has 0 unspecified atom stereocenters. The topological polar surface area (TPSA) is 29.3 Å². The van der Waals surface area contributed by atoms with E-state index in [4.69, 9.17) is 29.6 Å². The normalized spacial score (nSPS) is 9.50. The second-order valence-corrected chi connectivity index (χ2v) is 3.57. The zero-order valence-corrected chi connectivity index (χ0v) is 9.18. The zero-order valence-electron chi connectivity index (χ0n) is 7.61. The second-order valence-electron chi connectivity index (χ2n) is 2.71. The first kappa shape index (κ1) is 11.0. The summed E-state index contributed by atoms with van der Waals surface area (Å²) in [6.07, 6.45) is 1.74. The zero-order chi connectivity index (χ0) is 10.6. The van der Waals surface area contributed by atoms with Crippen LogP contribution in [0.25, 0.3) is 0 Å². The molecule has 1 aromatic carbocycles. The lowest BCUT2D eigenvalue weighted by atomic mass is 10.3. The van der Waals surface area contributed by atoms with Crippen LogP contribution in [0.1, 0.15) is 0 Å². The van der Waals surface area contributed by atoms with Gasteiger partial charge in [-0.2, -0.15) is 0 Å². The lowest BCUT2D eigenvalue weighted by Gasteiger charge is -2.20. The first-order valence-corrected chi connectivity index (χ1v) is 4.87. The van der Waals surface area contributed by atoms with Crippen LogP contribution in [0.15, 0.2) is 36.9 Å². The number of rotatable bonds is 3. The molecule has 0 saturated heterocycles. The average molecular weight is 227 g/mol. The number of hydrogen-bond acceptors (Lipinski definition) is 1. The van der Waals surface area contributed by atoms with Gasteiger partial charge in [-0.1, -0.05) is 17.7 Å². The summed E-state index contributed by atoms with van der Waals surface area (Å²) in [6.45, 7) is 4.24. The van der Waals surface area contributed by atoms with Gasteiger partial charge in [-0.15, -0.1) is 6.58 Å². The van der Waals surface area contributed by atoms with Crippen LogP contribution in [-0.4, -0.2) is 11.7 Å². The molecule has 0 bridgehead atoms. The van der Waals surface area contributed by atoms with E-state index in [1.807, 2.05) is 12.1 Å². The van der Waals surface area contributed by atoms with Crippen LogP contribution < -0.4 is 10.6 Å². The summed E-state index contributed by atoms with van der Waals surface area (Å²) in [7, 11) is 0. The maximum absolute atomic E-state index is 5.77. The third kappa shape index (κ3) is 2.72. The van der Waals surface area contributed by atoms with Crippen molar-refractivity contribution in [2.75, 3.05) is 11.4 Å². The molecule has 0 spiro atoms. The van der Waals surface area contributed by atoms with E-state index >= 15 is 0 Å². The van der Waals surface area contributed by atoms with Gasteiger partial charge in [-0.25, -0.2) is 0 Å². The summed E-state index contributed by atoms with van der Waals surface area (Å²) in [5, 5.41) is 1.02. The molecule has 0 aromatic heterocycles. The Balaban J connectivity index is 2.93. The summed E-state index contributed by atoms with van der Waals surface area (Å²) in [6, 6.07) is 7.33. The summed E-state index contributed by atoms with van der Waals surface area (Å²) in [5.74, 6) is 0. The smallest absolute Gasteiger partial charge is 0.171 e. The molecular formula is C10H11ClN2S. The van der Waals surface area contributed by atoms with Crippen LogP contribution >= 0.6 is 23.8 Å². The molecule has 0 aliphatic heterocycles. The minimum Gasteiger partial charge on any atom is -0.376 e. The Hall–Kier alpha value is -1.06. The minimum absolute atomic E-state index is 0.326. The second kappa shape index (κ2) is 4.98. The maximum atomic E-state index is 5.77. The highest BCUT2D eigenvalue weighted by atomic mass is 35.5. The van der Waals surface area contributed by atoms with Crippen molar-refractivity contribution in [3.8, 4) is 0 Å². The van der Waals surface area contributed by atoms with E-state index in [1.54, 1.807) is 23.1 Å². The van der Waals surface area contributed by atoms with Crippen molar-refractivity contribution in [1.82, 2.24) is 0 Å². The monoisotopic (exact) mass is 226 g/mol. The number of hydrogen-bond donors (Lipinski definition) is 1. The third-order valence-electron chi connectivity index (χ3n) is 1.72. The number of benzene rings is 1. The molecule has 0 aliphatic carbocycles. The number of halogens is 1. The van der Waals surface area contributed by atoms with Crippen molar-refractivity contribution in [1.29, 1.82) is 0 Å². The first-order valence-electron chi connectivity index (χ1n) is 4.08.